The first kappa shape index (κ1) is 12.6. The maximum atomic E-state index is 12.0. The number of rotatable bonds is 3. The van der Waals surface area contributed by atoms with Gasteiger partial charge in [-0.1, -0.05) is 41.7 Å². The highest BCUT2D eigenvalue weighted by molar-refractivity contribution is 7.11. The van der Waals surface area contributed by atoms with Crippen LogP contribution in [0.25, 0.3) is 0 Å². The van der Waals surface area contributed by atoms with E-state index in [0.717, 1.165) is 16.9 Å². The smallest absolute Gasteiger partial charge is 0.307 e. The molecule has 2 rings (SSSR count). The van der Waals surface area contributed by atoms with Crippen molar-refractivity contribution in [2.75, 3.05) is 0 Å². The molecule has 0 radical (unpaired) electrons. The second-order valence-corrected chi connectivity index (χ2v) is 4.97. The minimum atomic E-state index is -0.195. The second-order valence-electron chi connectivity index (χ2n) is 4.01. The Morgan fingerprint density at radius 1 is 1.33 bits per heavy atom. The van der Waals surface area contributed by atoms with E-state index in [1.54, 1.807) is 14.0 Å². The zero-order chi connectivity index (χ0) is 13.1. The molecular weight excluding hydrogens is 248 g/mol. The van der Waals surface area contributed by atoms with E-state index in [9.17, 15) is 9.59 Å². The van der Waals surface area contributed by atoms with Crippen LogP contribution in [0, 0.1) is 6.92 Å². The van der Waals surface area contributed by atoms with E-state index in [4.69, 9.17) is 0 Å². The van der Waals surface area contributed by atoms with Crippen molar-refractivity contribution in [3.63, 3.8) is 0 Å². The third-order valence-electron chi connectivity index (χ3n) is 2.80. The summed E-state index contributed by atoms with van der Waals surface area (Å²) in [5.74, 6) is -0.195. The van der Waals surface area contributed by atoms with Crippen molar-refractivity contribution < 1.29 is 4.79 Å². The molecule has 0 spiro atoms. The van der Waals surface area contributed by atoms with Crippen LogP contribution in [0.5, 0.6) is 0 Å². The van der Waals surface area contributed by atoms with Gasteiger partial charge in [-0.25, -0.2) is 0 Å². The normalized spacial score (nSPS) is 10.3. The molecule has 0 saturated heterocycles. The summed E-state index contributed by atoms with van der Waals surface area (Å²) >= 11 is 0.980. The first-order valence-corrected chi connectivity index (χ1v) is 6.40. The molecule has 0 bridgehead atoms. The minimum Gasteiger partial charge on any atom is -0.347 e. The fourth-order valence-electron chi connectivity index (χ4n) is 1.59. The zero-order valence-electron chi connectivity index (χ0n) is 10.3. The predicted octanol–water partition coefficient (Wildman–Crippen LogP) is 1.69. The summed E-state index contributed by atoms with van der Waals surface area (Å²) in [5, 5.41) is 2.82. The minimum absolute atomic E-state index is 0.114. The molecule has 4 nitrogen and oxygen atoms in total. The number of benzene rings is 1. The second kappa shape index (κ2) is 5.18. The molecule has 0 aliphatic carbocycles. The molecule has 0 aliphatic heterocycles. The molecule has 0 saturated carbocycles. The molecule has 1 aromatic carbocycles. The number of nitrogens with zero attached hydrogens (tertiary/aromatic N) is 1. The third kappa shape index (κ3) is 2.51. The summed E-state index contributed by atoms with van der Waals surface area (Å²) < 4.78 is 1.49. The number of carbonyl (C=O) groups excluding carboxylic acids is 1. The highest BCUT2D eigenvalue weighted by Gasteiger charge is 2.15. The lowest BCUT2D eigenvalue weighted by molar-refractivity contribution is 0.0954. The molecule has 1 amide bonds. The molecule has 5 heteroatoms. The number of nitrogens with one attached hydrogen (secondary N) is 1. The van der Waals surface area contributed by atoms with Gasteiger partial charge in [0.15, 0.2) is 0 Å². The largest absolute Gasteiger partial charge is 0.347 e. The van der Waals surface area contributed by atoms with Crippen molar-refractivity contribution in [2.45, 2.75) is 13.5 Å². The summed E-state index contributed by atoms with van der Waals surface area (Å²) in [7, 11) is 1.67. The standard InChI is InChI=1S/C13H14N2O2S/c1-9-11(18-13(17)15(9)2)12(16)14-8-10-6-4-3-5-7-10/h3-7H,8H2,1-2H3,(H,14,16). The van der Waals surface area contributed by atoms with Crippen LogP contribution >= 0.6 is 11.3 Å². The number of aromatic nitrogens is 1. The number of hydrogen-bond donors (Lipinski definition) is 1. The van der Waals surface area contributed by atoms with Crippen molar-refractivity contribution in [1.82, 2.24) is 9.88 Å². The fraction of sp³-hybridized carbons (Fsp3) is 0.231. The van der Waals surface area contributed by atoms with Gasteiger partial charge in [0.05, 0.1) is 0 Å². The Morgan fingerprint density at radius 2 is 2.00 bits per heavy atom. The van der Waals surface area contributed by atoms with Gasteiger partial charge in [0.2, 0.25) is 0 Å². The summed E-state index contributed by atoms with van der Waals surface area (Å²) in [4.78, 5) is 23.8. The Labute approximate surface area is 109 Å². The van der Waals surface area contributed by atoms with Crippen LogP contribution in [0.3, 0.4) is 0 Å². The van der Waals surface area contributed by atoms with Crippen LogP contribution in [0.1, 0.15) is 20.9 Å². The van der Waals surface area contributed by atoms with Crippen LogP contribution in [0.2, 0.25) is 0 Å². The Bertz CT molecular complexity index is 614. The Balaban J connectivity index is 2.09. The van der Waals surface area contributed by atoms with Crippen molar-refractivity contribution >= 4 is 17.2 Å². The summed E-state index contributed by atoms with van der Waals surface area (Å²) in [5.41, 5.74) is 1.74. The van der Waals surface area contributed by atoms with E-state index >= 15 is 0 Å². The molecule has 18 heavy (non-hydrogen) atoms. The van der Waals surface area contributed by atoms with Crippen LogP contribution in [0.15, 0.2) is 35.1 Å². The van der Waals surface area contributed by atoms with E-state index in [1.165, 1.54) is 4.57 Å². The summed E-state index contributed by atoms with van der Waals surface area (Å²) in [6, 6.07) is 9.67. The maximum Gasteiger partial charge on any atom is 0.307 e. The number of thiazole rings is 1. The van der Waals surface area contributed by atoms with Crippen LogP contribution in [-0.4, -0.2) is 10.5 Å². The Morgan fingerprint density at radius 3 is 2.56 bits per heavy atom. The quantitative estimate of drug-likeness (QED) is 0.915. The predicted molar refractivity (Wildman–Crippen MR) is 71.9 cm³/mol. The van der Waals surface area contributed by atoms with Crippen LogP contribution in [-0.2, 0) is 13.6 Å². The molecule has 1 N–H and O–H groups in total. The highest BCUT2D eigenvalue weighted by atomic mass is 32.1. The van der Waals surface area contributed by atoms with E-state index in [1.807, 2.05) is 30.3 Å². The van der Waals surface area contributed by atoms with Crippen molar-refractivity contribution in [2.24, 2.45) is 7.05 Å². The maximum absolute atomic E-state index is 12.0. The number of hydrogen-bond acceptors (Lipinski definition) is 3. The Hall–Kier alpha value is -1.88. The van der Waals surface area contributed by atoms with Gasteiger partial charge in [0.25, 0.3) is 5.91 Å². The van der Waals surface area contributed by atoms with E-state index in [0.29, 0.717) is 17.1 Å². The molecule has 1 aromatic heterocycles. The number of carbonyl (C=O) groups is 1. The van der Waals surface area contributed by atoms with Gasteiger partial charge in [-0.05, 0) is 12.5 Å². The lowest BCUT2D eigenvalue weighted by atomic mass is 10.2. The van der Waals surface area contributed by atoms with E-state index in [-0.39, 0.29) is 10.8 Å². The molecular formula is C13H14N2O2S. The van der Waals surface area contributed by atoms with Gasteiger partial charge in [0, 0.05) is 19.3 Å². The average molecular weight is 262 g/mol. The molecule has 2 aromatic rings. The molecule has 0 atom stereocenters. The molecule has 0 fully saturated rings. The van der Waals surface area contributed by atoms with E-state index < -0.39 is 0 Å². The molecule has 0 aliphatic rings. The van der Waals surface area contributed by atoms with E-state index in [2.05, 4.69) is 5.32 Å². The van der Waals surface area contributed by atoms with Gasteiger partial charge < -0.3 is 9.88 Å². The first-order chi connectivity index (χ1) is 8.59. The van der Waals surface area contributed by atoms with Crippen LogP contribution < -0.4 is 10.2 Å². The third-order valence-corrected chi connectivity index (χ3v) is 3.93. The summed E-state index contributed by atoms with van der Waals surface area (Å²) in [6.07, 6.45) is 0. The highest BCUT2D eigenvalue weighted by Crippen LogP contribution is 2.10. The first-order valence-electron chi connectivity index (χ1n) is 5.58. The monoisotopic (exact) mass is 262 g/mol. The van der Waals surface area contributed by atoms with Crippen molar-refractivity contribution in [3.8, 4) is 0 Å². The lowest BCUT2D eigenvalue weighted by Gasteiger charge is -2.04. The average Bonchev–Trinajstić information content (AvgIpc) is 2.65. The SMILES string of the molecule is Cc1c(C(=O)NCc2ccccc2)sc(=O)n1C. The van der Waals surface area contributed by atoms with Gasteiger partial charge in [-0.15, -0.1) is 0 Å². The fourth-order valence-corrected chi connectivity index (χ4v) is 2.49. The summed E-state index contributed by atoms with van der Waals surface area (Å²) in [6.45, 7) is 2.24. The van der Waals surface area contributed by atoms with Gasteiger partial charge in [-0.3, -0.25) is 9.59 Å². The zero-order valence-corrected chi connectivity index (χ0v) is 11.1. The van der Waals surface area contributed by atoms with Gasteiger partial charge in [-0.2, -0.15) is 0 Å². The van der Waals surface area contributed by atoms with Gasteiger partial charge >= 0.3 is 4.87 Å². The van der Waals surface area contributed by atoms with Crippen LogP contribution in [0.4, 0.5) is 0 Å². The topological polar surface area (TPSA) is 51.1 Å². The van der Waals surface area contributed by atoms with Crippen molar-refractivity contribution in [1.29, 1.82) is 0 Å². The van der Waals surface area contributed by atoms with Crippen molar-refractivity contribution in [3.05, 3.63) is 56.1 Å². The number of amides is 1. The molecule has 94 valence electrons. The molecule has 1 heterocycles. The Kier molecular flexibility index (Phi) is 3.62. The molecule has 0 unspecified atom stereocenters. The van der Waals surface area contributed by atoms with Gasteiger partial charge in [0.1, 0.15) is 4.88 Å². The lowest BCUT2D eigenvalue weighted by Crippen LogP contribution is -2.22.